The third kappa shape index (κ3) is 3.71. The number of amides is 1. The summed E-state index contributed by atoms with van der Waals surface area (Å²) in [5.74, 6) is -0.0844. The number of carbonyl (C=O) groups excluding carboxylic acids is 1. The van der Waals surface area contributed by atoms with Gasteiger partial charge in [-0.2, -0.15) is 0 Å². The summed E-state index contributed by atoms with van der Waals surface area (Å²) >= 11 is 0. The first-order chi connectivity index (χ1) is 9.66. The molecule has 0 spiro atoms. The lowest BCUT2D eigenvalue weighted by molar-refractivity contribution is -0.123. The molecule has 0 unspecified atom stereocenters. The lowest BCUT2D eigenvalue weighted by Crippen LogP contribution is -2.29. The van der Waals surface area contributed by atoms with Crippen molar-refractivity contribution in [2.24, 2.45) is 0 Å². The van der Waals surface area contributed by atoms with Crippen LogP contribution in [0.1, 0.15) is 11.3 Å². The molecule has 1 aromatic heterocycles. The van der Waals surface area contributed by atoms with E-state index < -0.39 is 0 Å². The minimum atomic E-state index is -0.267. The molecule has 0 aliphatic rings. The number of aryl methyl sites for hydroxylation is 1. The van der Waals surface area contributed by atoms with Crippen molar-refractivity contribution < 1.29 is 9.53 Å². The lowest BCUT2D eigenvalue weighted by Gasteiger charge is -2.08. The first-order valence-corrected chi connectivity index (χ1v) is 6.28. The molecular weight excluding hydrogens is 256 g/mol. The predicted octanol–water partition coefficient (Wildman–Crippen LogP) is 1.38. The molecule has 104 valence electrons. The summed E-state index contributed by atoms with van der Waals surface area (Å²) in [4.78, 5) is 26.1. The third-order valence-electron chi connectivity index (χ3n) is 2.78. The van der Waals surface area contributed by atoms with E-state index in [9.17, 15) is 9.59 Å². The highest BCUT2D eigenvalue weighted by molar-refractivity contribution is 5.77. The zero-order valence-corrected chi connectivity index (χ0v) is 11.2. The van der Waals surface area contributed by atoms with Crippen LogP contribution in [0, 0.1) is 6.92 Å². The van der Waals surface area contributed by atoms with Crippen LogP contribution in [0.15, 0.2) is 47.4 Å². The van der Waals surface area contributed by atoms with Crippen molar-refractivity contribution >= 4 is 5.91 Å². The van der Waals surface area contributed by atoms with Gasteiger partial charge in [0.2, 0.25) is 5.43 Å². The molecule has 2 rings (SSSR count). The molecule has 2 aromatic rings. The minimum Gasteiger partial charge on any atom is -0.478 e. The van der Waals surface area contributed by atoms with E-state index in [1.54, 1.807) is 13.1 Å². The standard InChI is InChI=1S/C15H16N2O3/c1-11-15(13(18)7-8-16-11)20-10-14(19)17-9-12-5-3-2-4-6-12/h2-8H,9-10H2,1H3,(H,16,18)(H,17,19). The number of carbonyl (C=O) groups is 1. The van der Waals surface area contributed by atoms with E-state index in [1.165, 1.54) is 6.07 Å². The van der Waals surface area contributed by atoms with Crippen molar-refractivity contribution in [2.45, 2.75) is 13.5 Å². The summed E-state index contributed by atoms with van der Waals surface area (Å²) in [6, 6.07) is 10.9. The van der Waals surface area contributed by atoms with Crippen molar-refractivity contribution in [3.8, 4) is 5.75 Å². The summed E-state index contributed by atoms with van der Waals surface area (Å²) in [5.41, 5.74) is 1.38. The molecule has 20 heavy (non-hydrogen) atoms. The molecule has 0 fully saturated rings. The Balaban J connectivity index is 1.85. The molecule has 1 aromatic carbocycles. The van der Waals surface area contributed by atoms with Gasteiger partial charge in [0.15, 0.2) is 12.4 Å². The molecular formula is C15H16N2O3. The van der Waals surface area contributed by atoms with Crippen molar-refractivity contribution in [1.82, 2.24) is 10.3 Å². The van der Waals surface area contributed by atoms with Gasteiger partial charge in [-0.05, 0) is 12.5 Å². The van der Waals surface area contributed by atoms with Gasteiger partial charge in [0.1, 0.15) is 0 Å². The van der Waals surface area contributed by atoms with Crippen molar-refractivity contribution in [3.05, 3.63) is 64.1 Å². The Morgan fingerprint density at radius 2 is 2.00 bits per heavy atom. The lowest BCUT2D eigenvalue weighted by atomic mass is 10.2. The molecule has 0 aliphatic heterocycles. The van der Waals surface area contributed by atoms with E-state index in [1.807, 2.05) is 30.3 Å². The van der Waals surface area contributed by atoms with Crippen LogP contribution >= 0.6 is 0 Å². The van der Waals surface area contributed by atoms with Gasteiger partial charge in [0.25, 0.3) is 5.91 Å². The monoisotopic (exact) mass is 272 g/mol. The summed E-state index contributed by atoms with van der Waals surface area (Å²) in [6.07, 6.45) is 1.54. The van der Waals surface area contributed by atoms with E-state index in [2.05, 4.69) is 10.3 Å². The van der Waals surface area contributed by atoms with E-state index in [0.717, 1.165) is 5.56 Å². The Hall–Kier alpha value is -2.56. The number of benzene rings is 1. The summed E-state index contributed by atoms with van der Waals surface area (Å²) in [5, 5.41) is 2.73. The van der Waals surface area contributed by atoms with Gasteiger partial charge in [-0.25, -0.2) is 0 Å². The van der Waals surface area contributed by atoms with Crippen LogP contribution in [0.25, 0.3) is 0 Å². The van der Waals surface area contributed by atoms with Crippen LogP contribution in [-0.2, 0) is 11.3 Å². The minimum absolute atomic E-state index is 0.180. The fourth-order valence-corrected chi connectivity index (χ4v) is 1.73. The zero-order valence-electron chi connectivity index (χ0n) is 11.2. The van der Waals surface area contributed by atoms with E-state index >= 15 is 0 Å². The first-order valence-electron chi connectivity index (χ1n) is 6.28. The molecule has 1 amide bonds. The Morgan fingerprint density at radius 1 is 1.25 bits per heavy atom. The third-order valence-corrected chi connectivity index (χ3v) is 2.78. The largest absolute Gasteiger partial charge is 0.478 e. The second kappa shape index (κ2) is 6.56. The second-order valence-corrected chi connectivity index (χ2v) is 4.35. The Bertz CT molecular complexity index is 635. The molecule has 2 N–H and O–H groups in total. The van der Waals surface area contributed by atoms with Gasteiger partial charge in [0, 0.05) is 18.8 Å². The molecule has 5 heteroatoms. The van der Waals surface area contributed by atoms with E-state index in [0.29, 0.717) is 12.2 Å². The summed E-state index contributed by atoms with van der Waals surface area (Å²) < 4.78 is 5.26. The number of aromatic nitrogens is 1. The van der Waals surface area contributed by atoms with Gasteiger partial charge < -0.3 is 15.0 Å². The van der Waals surface area contributed by atoms with Gasteiger partial charge in [-0.15, -0.1) is 0 Å². The average Bonchev–Trinajstić information content (AvgIpc) is 2.46. The fraction of sp³-hybridized carbons (Fsp3) is 0.200. The Morgan fingerprint density at radius 3 is 2.70 bits per heavy atom. The highest BCUT2D eigenvalue weighted by atomic mass is 16.5. The number of nitrogens with one attached hydrogen (secondary N) is 2. The molecule has 0 radical (unpaired) electrons. The molecule has 0 bridgehead atoms. The summed E-state index contributed by atoms with van der Waals surface area (Å²) in [7, 11) is 0. The maximum Gasteiger partial charge on any atom is 0.258 e. The summed E-state index contributed by atoms with van der Waals surface area (Å²) in [6.45, 7) is 1.98. The van der Waals surface area contributed by atoms with Crippen molar-refractivity contribution in [2.75, 3.05) is 6.61 Å². The molecule has 1 heterocycles. The highest BCUT2D eigenvalue weighted by Crippen LogP contribution is 2.07. The maximum atomic E-state index is 11.7. The van der Waals surface area contributed by atoms with Crippen LogP contribution in [0.2, 0.25) is 0 Å². The molecule has 5 nitrogen and oxygen atoms in total. The van der Waals surface area contributed by atoms with E-state index in [-0.39, 0.29) is 23.7 Å². The van der Waals surface area contributed by atoms with Crippen LogP contribution < -0.4 is 15.5 Å². The topological polar surface area (TPSA) is 71.2 Å². The number of H-pyrrole nitrogens is 1. The maximum absolute atomic E-state index is 11.7. The number of ether oxygens (including phenoxy) is 1. The second-order valence-electron chi connectivity index (χ2n) is 4.35. The number of rotatable bonds is 5. The SMILES string of the molecule is Cc1[nH]ccc(=O)c1OCC(=O)NCc1ccccc1. The molecule has 0 aliphatic carbocycles. The normalized spacial score (nSPS) is 10.1. The Labute approximate surface area is 116 Å². The Kier molecular flexibility index (Phi) is 4.55. The van der Waals surface area contributed by atoms with Crippen LogP contribution in [0.4, 0.5) is 0 Å². The van der Waals surface area contributed by atoms with Gasteiger partial charge >= 0.3 is 0 Å². The van der Waals surface area contributed by atoms with Crippen LogP contribution in [-0.4, -0.2) is 17.5 Å². The zero-order chi connectivity index (χ0) is 14.4. The molecule has 0 saturated carbocycles. The first kappa shape index (κ1) is 13.9. The van der Waals surface area contributed by atoms with Gasteiger partial charge in [-0.3, -0.25) is 9.59 Å². The molecule has 0 saturated heterocycles. The number of hydrogen-bond donors (Lipinski definition) is 2. The van der Waals surface area contributed by atoms with Crippen LogP contribution in [0.3, 0.4) is 0 Å². The quantitative estimate of drug-likeness (QED) is 0.863. The van der Waals surface area contributed by atoms with Gasteiger partial charge in [-0.1, -0.05) is 30.3 Å². The molecule has 0 atom stereocenters. The van der Waals surface area contributed by atoms with Crippen molar-refractivity contribution in [3.63, 3.8) is 0 Å². The van der Waals surface area contributed by atoms with Crippen molar-refractivity contribution in [1.29, 1.82) is 0 Å². The predicted molar refractivity (Wildman–Crippen MR) is 75.6 cm³/mol. The number of pyridine rings is 1. The van der Waals surface area contributed by atoms with Gasteiger partial charge in [0.05, 0.1) is 5.69 Å². The van der Waals surface area contributed by atoms with E-state index in [4.69, 9.17) is 4.74 Å². The number of aromatic amines is 1. The van der Waals surface area contributed by atoms with Crippen LogP contribution in [0.5, 0.6) is 5.75 Å². The number of hydrogen-bond acceptors (Lipinski definition) is 3. The highest BCUT2D eigenvalue weighted by Gasteiger charge is 2.07. The fourth-order valence-electron chi connectivity index (χ4n) is 1.73. The smallest absolute Gasteiger partial charge is 0.258 e. The average molecular weight is 272 g/mol.